The van der Waals surface area contributed by atoms with E-state index in [-0.39, 0.29) is 0 Å². The Hall–Kier alpha value is -0.750. The molecule has 0 saturated heterocycles. The molecule has 4 nitrogen and oxygen atoms in total. The van der Waals surface area contributed by atoms with Crippen LogP contribution in [0.1, 0.15) is 11.0 Å². The minimum atomic E-state index is -0.625. The minimum absolute atomic E-state index is 0.339. The molecule has 100 valence electrons. The molecule has 1 atom stereocenters. The fourth-order valence-corrected chi connectivity index (χ4v) is 2.32. The van der Waals surface area contributed by atoms with Crippen molar-refractivity contribution in [1.82, 2.24) is 10.6 Å². The summed E-state index contributed by atoms with van der Waals surface area (Å²) in [6, 6.07) is 3.56. The van der Waals surface area contributed by atoms with Crippen LogP contribution in [0, 0.1) is 0 Å². The van der Waals surface area contributed by atoms with Crippen LogP contribution in [0.5, 0.6) is 0 Å². The van der Waals surface area contributed by atoms with E-state index in [2.05, 4.69) is 22.2 Å². The Labute approximate surface area is 120 Å². The predicted octanol–water partition coefficient (Wildman–Crippen LogP) is 2.35. The van der Waals surface area contributed by atoms with Gasteiger partial charge in [0.05, 0.1) is 10.9 Å². The molecule has 0 aliphatic heterocycles. The zero-order valence-corrected chi connectivity index (χ0v) is 12.2. The summed E-state index contributed by atoms with van der Waals surface area (Å²) in [5.41, 5.74) is 0. The van der Waals surface area contributed by atoms with Crippen molar-refractivity contribution in [2.75, 3.05) is 20.1 Å². The maximum absolute atomic E-state index is 9.92. The standard InChI is InChI=1S/C11H15Cl2N3OS/c1-7(12)5-15-11(14-2)16-6-8(17)9-3-4-10(13)18-9/h3-4,8,17H,1,5-6H2,2H3,(H2,14,15,16). The molecule has 7 heteroatoms. The smallest absolute Gasteiger partial charge is 0.191 e. The summed E-state index contributed by atoms with van der Waals surface area (Å²) in [7, 11) is 1.64. The quantitative estimate of drug-likeness (QED) is 0.578. The lowest BCUT2D eigenvalue weighted by molar-refractivity contribution is 0.184. The first-order valence-corrected chi connectivity index (χ1v) is 6.81. The van der Waals surface area contributed by atoms with Crippen LogP contribution in [-0.4, -0.2) is 31.2 Å². The summed E-state index contributed by atoms with van der Waals surface area (Å²) in [4.78, 5) is 4.80. The highest BCUT2D eigenvalue weighted by atomic mass is 35.5. The highest BCUT2D eigenvalue weighted by molar-refractivity contribution is 7.16. The van der Waals surface area contributed by atoms with Gasteiger partial charge < -0.3 is 15.7 Å². The minimum Gasteiger partial charge on any atom is -0.386 e. The molecule has 0 radical (unpaired) electrons. The first-order chi connectivity index (χ1) is 8.52. The number of rotatable bonds is 5. The first-order valence-electron chi connectivity index (χ1n) is 5.24. The molecule has 3 N–H and O–H groups in total. The molecule has 0 amide bonds. The van der Waals surface area contributed by atoms with Gasteiger partial charge in [-0.1, -0.05) is 29.8 Å². The Balaban J connectivity index is 2.41. The molecule has 1 aromatic heterocycles. The zero-order valence-electron chi connectivity index (χ0n) is 9.91. The van der Waals surface area contributed by atoms with Crippen molar-refractivity contribution in [3.05, 3.63) is 33.0 Å². The van der Waals surface area contributed by atoms with Gasteiger partial charge in [-0.25, -0.2) is 0 Å². The first kappa shape index (κ1) is 15.3. The predicted molar refractivity (Wildman–Crippen MR) is 78.6 cm³/mol. The molecule has 1 rings (SSSR count). The molecular weight excluding hydrogens is 293 g/mol. The zero-order chi connectivity index (χ0) is 13.5. The van der Waals surface area contributed by atoms with Crippen LogP contribution in [0.25, 0.3) is 0 Å². The Bertz CT molecular complexity index is 434. The maximum Gasteiger partial charge on any atom is 0.191 e. The monoisotopic (exact) mass is 307 g/mol. The van der Waals surface area contributed by atoms with Crippen LogP contribution in [0.3, 0.4) is 0 Å². The van der Waals surface area contributed by atoms with Gasteiger partial charge in [0, 0.05) is 23.5 Å². The van der Waals surface area contributed by atoms with Crippen molar-refractivity contribution in [3.8, 4) is 0 Å². The van der Waals surface area contributed by atoms with E-state index >= 15 is 0 Å². The maximum atomic E-state index is 9.92. The molecule has 18 heavy (non-hydrogen) atoms. The molecule has 0 aromatic carbocycles. The van der Waals surface area contributed by atoms with Crippen LogP contribution in [0.15, 0.2) is 28.7 Å². The van der Waals surface area contributed by atoms with Gasteiger partial charge in [-0.05, 0) is 12.1 Å². The van der Waals surface area contributed by atoms with Crippen molar-refractivity contribution >= 4 is 40.5 Å². The fraction of sp³-hybridized carbons (Fsp3) is 0.364. The molecule has 1 aromatic rings. The molecule has 0 spiro atoms. The van der Waals surface area contributed by atoms with Gasteiger partial charge in [0.2, 0.25) is 0 Å². The largest absolute Gasteiger partial charge is 0.386 e. The van der Waals surface area contributed by atoms with E-state index in [9.17, 15) is 5.11 Å². The van der Waals surface area contributed by atoms with Crippen LogP contribution in [0.2, 0.25) is 4.34 Å². The lowest BCUT2D eigenvalue weighted by Crippen LogP contribution is -2.39. The number of aliphatic hydroxyl groups excluding tert-OH is 1. The second-order valence-electron chi connectivity index (χ2n) is 3.48. The van der Waals surface area contributed by atoms with Gasteiger partial charge in [-0.3, -0.25) is 4.99 Å². The van der Waals surface area contributed by atoms with Gasteiger partial charge in [0.15, 0.2) is 5.96 Å². The molecule has 0 fully saturated rings. The van der Waals surface area contributed by atoms with E-state index in [1.54, 1.807) is 19.2 Å². The van der Waals surface area contributed by atoms with Gasteiger partial charge in [-0.15, -0.1) is 11.3 Å². The van der Waals surface area contributed by atoms with Gasteiger partial charge in [0.1, 0.15) is 6.10 Å². The lowest BCUT2D eigenvalue weighted by Gasteiger charge is -2.14. The summed E-state index contributed by atoms with van der Waals surface area (Å²) in [6.45, 7) is 4.32. The number of hydrogen-bond acceptors (Lipinski definition) is 3. The van der Waals surface area contributed by atoms with E-state index < -0.39 is 6.10 Å². The van der Waals surface area contributed by atoms with Crippen LogP contribution in [0.4, 0.5) is 0 Å². The molecule has 0 saturated carbocycles. The number of halogens is 2. The highest BCUT2D eigenvalue weighted by Gasteiger charge is 2.10. The van der Waals surface area contributed by atoms with Crippen molar-refractivity contribution in [3.63, 3.8) is 0 Å². The third-order valence-electron chi connectivity index (χ3n) is 2.06. The highest BCUT2D eigenvalue weighted by Crippen LogP contribution is 2.26. The van der Waals surface area contributed by atoms with Crippen molar-refractivity contribution in [1.29, 1.82) is 0 Å². The Morgan fingerprint density at radius 2 is 2.28 bits per heavy atom. The van der Waals surface area contributed by atoms with E-state index in [1.165, 1.54) is 11.3 Å². The van der Waals surface area contributed by atoms with Crippen molar-refractivity contribution in [2.45, 2.75) is 6.10 Å². The number of thiophene rings is 1. The third-order valence-corrected chi connectivity index (χ3v) is 3.52. The summed E-state index contributed by atoms with van der Waals surface area (Å²) in [5.74, 6) is 0.554. The van der Waals surface area contributed by atoms with Crippen LogP contribution in [-0.2, 0) is 0 Å². The molecular formula is C11H15Cl2N3OS. The van der Waals surface area contributed by atoms with Gasteiger partial charge in [-0.2, -0.15) is 0 Å². The number of hydrogen-bond donors (Lipinski definition) is 3. The average Bonchev–Trinajstić information content (AvgIpc) is 2.75. The SMILES string of the molecule is C=C(Cl)CNC(=NC)NCC(O)c1ccc(Cl)s1. The van der Waals surface area contributed by atoms with E-state index in [1.807, 2.05) is 0 Å². The van der Waals surface area contributed by atoms with Gasteiger partial charge in [0.25, 0.3) is 0 Å². The van der Waals surface area contributed by atoms with Gasteiger partial charge >= 0.3 is 0 Å². The van der Waals surface area contributed by atoms with E-state index in [0.717, 1.165) is 4.88 Å². The number of aliphatic hydroxyl groups is 1. The Morgan fingerprint density at radius 3 is 2.78 bits per heavy atom. The number of nitrogens with zero attached hydrogens (tertiary/aromatic N) is 1. The Morgan fingerprint density at radius 1 is 1.56 bits per heavy atom. The van der Waals surface area contributed by atoms with Crippen molar-refractivity contribution < 1.29 is 5.11 Å². The van der Waals surface area contributed by atoms with E-state index in [0.29, 0.717) is 28.4 Å². The molecule has 1 heterocycles. The van der Waals surface area contributed by atoms with E-state index in [4.69, 9.17) is 23.2 Å². The Kier molecular flexibility index (Phi) is 6.49. The fourth-order valence-electron chi connectivity index (χ4n) is 1.20. The topological polar surface area (TPSA) is 56.7 Å². The summed E-state index contributed by atoms with van der Waals surface area (Å²) in [6.07, 6.45) is -0.625. The summed E-state index contributed by atoms with van der Waals surface area (Å²) < 4.78 is 0.657. The average molecular weight is 308 g/mol. The number of aliphatic imine (C=N–C) groups is 1. The second-order valence-corrected chi connectivity index (χ2v) is 5.76. The lowest BCUT2D eigenvalue weighted by atomic mass is 10.3. The molecule has 0 aliphatic carbocycles. The van der Waals surface area contributed by atoms with Crippen LogP contribution < -0.4 is 10.6 Å². The summed E-state index contributed by atoms with van der Waals surface area (Å²) in [5, 5.41) is 16.3. The number of guanidine groups is 1. The number of nitrogens with one attached hydrogen (secondary N) is 2. The summed E-state index contributed by atoms with van der Waals surface area (Å²) >= 11 is 12.8. The molecule has 1 unspecified atom stereocenters. The normalized spacial score (nSPS) is 13.2. The second kappa shape index (κ2) is 7.63. The van der Waals surface area contributed by atoms with Crippen LogP contribution >= 0.6 is 34.5 Å². The molecule has 0 bridgehead atoms. The third kappa shape index (κ3) is 5.27. The van der Waals surface area contributed by atoms with Crippen molar-refractivity contribution in [2.24, 2.45) is 4.99 Å². The molecule has 0 aliphatic rings.